The standard InChI is InChI=1S/C21H29F3N2O3S/c22-21(23,24)18-10-6-7-11-19(18)30(28,29)26-14-12-16(13-15-26)20(27)25-17-8-4-2-1-3-5-9-17/h6-7,10-11,16-17H,1-5,8-9,12-15H2,(H,25,27). The van der Waals surface area contributed by atoms with Crippen LogP contribution in [0.5, 0.6) is 0 Å². The first-order chi connectivity index (χ1) is 14.2. The van der Waals surface area contributed by atoms with E-state index < -0.39 is 26.7 Å². The van der Waals surface area contributed by atoms with Crippen LogP contribution in [0.25, 0.3) is 0 Å². The van der Waals surface area contributed by atoms with E-state index in [4.69, 9.17) is 0 Å². The highest BCUT2D eigenvalue weighted by atomic mass is 32.2. The lowest BCUT2D eigenvalue weighted by Gasteiger charge is -2.32. The summed E-state index contributed by atoms with van der Waals surface area (Å²) in [5.74, 6) is -0.368. The monoisotopic (exact) mass is 446 g/mol. The van der Waals surface area contributed by atoms with Gasteiger partial charge in [0, 0.05) is 25.0 Å². The molecule has 1 aromatic rings. The van der Waals surface area contributed by atoms with E-state index in [0.29, 0.717) is 12.8 Å². The summed E-state index contributed by atoms with van der Waals surface area (Å²) in [5.41, 5.74) is -1.16. The van der Waals surface area contributed by atoms with Crippen molar-refractivity contribution in [3.05, 3.63) is 29.8 Å². The highest BCUT2D eigenvalue weighted by molar-refractivity contribution is 7.89. The molecule has 168 valence electrons. The summed E-state index contributed by atoms with van der Waals surface area (Å²) < 4.78 is 66.5. The molecule has 1 aromatic carbocycles. The van der Waals surface area contributed by atoms with Crippen LogP contribution in [0.2, 0.25) is 0 Å². The first kappa shape index (κ1) is 23.1. The first-order valence-electron chi connectivity index (χ1n) is 10.7. The molecule has 1 N–H and O–H groups in total. The maximum atomic E-state index is 13.3. The number of hydrogen-bond acceptors (Lipinski definition) is 3. The highest BCUT2D eigenvalue weighted by Crippen LogP contribution is 2.36. The molecular weight excluding hydrogens is 417 g/mol. The van der Waals surface area contributed by atoms with E-state index in [1.54, 1.807) is 0 Å². The lowest BCUT2D eigenvalue weighted by molar-refractivity contribution is -0.139. The van der Waals surface area contributed by atoms with Gasteiger partial charge in [0.15, 0.2) is 0 Å². The second-order valence-corrected chi connectivity index (χ2v) is 10.1. The van der Waals surface area contributed by atoms with Crippen molar-refractivity contribution in [1.82, 2.24) is 9.62 Å². The smallest absolute Gasteiger partial charge is 0.353 e. The Morgan fingerprint density at radius 2 is 1.50 bits per heavy atom. The molecule has 30 heavy (non-hydrogen) atoms. The van der Waals surface area contributed by atoms with E-state index in [0.717, 1.165) is 42.1 Å². The predicted octanol–water partition coefficient (Wildman–Crippen LogP) is 4.34. The minimum atomic E-state index is -4.75. The molecule has 0 atom stereocenters. The number of rotatable bonds is 4. The fourth-order valence-electron chi connectivity index (χ4n) is 4.34. The normalized spacial score (nSPS) is 21.0. The Labute approximate surface area is 176 Å². The molecule has 3 rings (SSSR count). The van der Waals surface area contributed by atoms with E-state index in [-0.39, 0.29) is 31.0 Å². The first-order valence-corrected chi connectivity index (χ1v) is 12.1. The van der Waals surface area contributed by atoms with Gasteiger partial charge in [-0.3, -0.25) is 4.79 Å². The van der Waals surface area contributed by atoms with Gasteiger partial charge in [-0.2, -0.15) is 17.5 Å². The molecule has 0 spiro atoms. The van der Waals surface area contributed by atoms with Crippen LogP contribution >= 0.6 is 0 Å². The van der Waals surface area contributed by atoms with Crippen LogP contribution in [0.1, 0.15) is 63.4 Å². The van der Waals surface area contributed by atoms with Crippen LogP contribution in [-0.4, -0.2) is 37.8 Å². The molecule has 0 unspecified atom stereocenters. The summed E-state index contributed by atoms with van der Waals surface area (Å²) in [6.07, 6.45) is 3.60. The van der Waals surface area contributed by atoms with Crippen LogP contribution in [-0.2, 0) is 21.0 Å². The zero-order valence-corrected chi connectivity index (χ0v) is 17.8. The number of nitrogens with one attached hydrogen (secondary N) is 1. The molecular formula is C21H29F3N2O3S. The summed E-state index contributed by atoms with van der Waals surface area (Å²) in [6.45, 7) is 0.0779. The largest absolute Gasteiger partial charge is 0.417 e. The molecule has 1 aliphatic carbocycles. The number of halogens is 3. The molecule has 5 nitrogen and oxygen atoms in total. The van der Waals surface area contributed by atoms with Gasteiger partial charge in [0.25, 0.3) is 0 Å². The van der Waals surface area contributed by atoms with Crippen LogP contribution in [0, 0.1) is 5.92 Å². The fraction of sp³-hybridized carbons (Fsp3) is 0.667. The molecule has 2 fully saturated rings. The lowest BCUT2D eigenvalue weighted by Crippen LogP contribution is -2.45. The number of hydrogen-bond donors (Lipinski definition) is 1. The number of carbonyl (C=O) groups excluding carboxylic acids is 1. The zero-order valence-electron chi connectivity index (χ0n) is 17.0. The summed E-state index contributed by atoms with van der Waals surface area (Å²) in [6, 6.07) is 4.40. The van der Waals surface area contributed by atoms with Gasteiger partial charge in [0.2, 0.25) is 15.9 Å². The number of piperidine rings is 1. The maximum Gasteiger partial charge on any atom is 0.417 e. The number of nitrogens with zero attached hydrogens (tertiary/aromatic N) is 1. The van der Waals surface area contributed by atoms with Gasteiger partial charge in [0.1, 0.15) is 0 Å². The molecule has 1 saturated carbocycles. The Hall–Kier alpha value is -1.61. The highest BCUT2D eigenvalue weighted by Gasteiger charge is 2.40. The van der Waals surface area contributed by atoms with Crippen molar-refractivity contribution < 1.29 is 26.4 Å². The lowest BCUT2D eigenvalue weighted by atomic mass is 9.94. The summed E-state index contributed by atoms with van der Waals surface area (Å²) in [5, 5.41) is 3.11. The van der Waals surface area contributed by atoms with E-state index >= 15 is 0 Å². The van der Waals surface area contributed by atoms with E-state index in [1.165, 1.54) is 31.4 Å². The molecule has 0 radical (unpaired) electrons. The van der Waals surface area contributed by atoms with Crippen LogP contribution in [0.15, 0.2) is 29.2 Å². The molecule has 1 aliphatic heterocycles. The molecule has 1 amide bonds. The van der Waals surface area contributed by atoms with Gasteiger partial charge < -0.3 is 5.32 Å². The van der Waals surface area contributed by atoms with Crippen molar-refractivity contribution in [3.8, 4) is 0 Å². The molecule has 9 heteroatoms. The van der Waals surface area contributed by atoms with Crippen LogP contribution in [0.4, 0.5) is 13.2 Å². The van der Waals surface area contributed by atoms with Gasteiger partial charge in [-0.25, -0.2) is 8.42 Å². The molecule has 0 aromatic heterocycles. The molecule has 1 heterocycles. The van der Waals surface area contributed by atoms with Crippen LogP contribution in [0.3, 0.4) is 0 Å². The second-order valence-electron chi connectivity index (χ2n) is 8.22. The van der Waals surface area contributed by atoms with Crippen molar-refractivity contribution in [3.63, 3.8) is 0 Å². The molecule has 1 saturated heterocycles. The maximum absolute atomic E-state index is 13.3. The predicted molar refractivity (Wildman–Crippen MR) is 107 cm³/mol. The van der Waals surface area contributed by atoms with Crippen molar-refractivity contribution in [1.29, 1.82) is 0 Å². The minimum absolute atomic E-state index is 0.0390. The van der Waals surface area contributed by atoms with Gasteiger partial charge in [-0.1, -0.05) is 44.2 Å². The van der Waals surface area contributed by atoms with E-state index in [9.17, 15) is 26.4 Å². The topological polar surface area (TPSA) is 66.5 Å². The van der Waals surface area contributed by atoms with E-state index in [1.807, 2.05) is 0 Å². The summed E-state index contributed by atoms with van der Waals surface area (Å²) in [7, 11) is -4.28. The average molecular weight is 447 g/mol. The average Bonchev–Trinajstić information content (AvgIpc) is 2.69. The molecule has 2 aliphatic rings. The second kappa shape index (κ2) is 9.68. The Kier molecular flexibility index (Phi) is 7.44. The van der Waals surface area contributed by atoms with Crippen molar-refractivity contribution in [2.45, 2.75) is 74.9 Å². The SMILES string of the molecule is O=C(NC1CCCCCCC1)C1CCN(S(=O)(=O)c2ccccc2C(F)(F)F)CC1. The van der Waals surface area contributed by atoms with E-state index in [2.05, 4.69) is 5.32 Å². The van der Waals surface area contributed by atoms with Crippen molar-refractivity contribution in [2.24, 2.45) is 5.92 Å². The van der Waals surface area contributed by atoms with Crippen LogP contribution < -0.4 is 5.32 Å². The minimum Gasteiger partial charge on any atom is -0.353 e. The molecule has 0 bridgehead atoms. The summed E-state index contributed by atoms with van der Waals surface area (Å²) in [4.78, 5) is 11.9. The fourth-order valence-corrected chi connectivity index (χ4v) is 6.02. The quantitative estimate of drug-likeness (QED) is 0.749. The Balaban J connectivity index is 1.62. The number of alkyl halides is 3. The Bertz CT molecular complexity index is 826. The summed E-state index contributed by atoms with van der Waals surface area (Å²) >= 11 is 0. The van der Waals surface area contributed by atoms with Gasteiger partial charge in [-0.05, 0) is 37.8 Å². The van der Waals surface area contributed by atoms with Crippen molar-refractivity contribution in [2.75, 3.05) is 13.1 Å². The Morgan fingerprint density at radius 3 is 2.10 bits per heavy atom. The number of sulfonamides is 1. The van der Waals surface area contributed by atoms with Gasteiger partial charge in [-0.15, -0.1) is 0 Å². The zero-order chi connectivity index (χ0) is 21.8. The number of benzene rings is 1. The number of amides is 1. The Morgan fingerprint density at radius 1 is 0.933 bits per heavy atom. The van der Waals surface area contributed by atoms with Gasteiger partial charge >= 0.3 is 6.18 Å². The third-order valence-corrected chi connectivity index (χ3v) is 8.04. The van der Waals surface area contributed by atoms with Gasteiger partial charge in [0.05, 0.1) is 10.5 Å². The van der Waals surface area contributed by atoms with Crippen molar-refractivity contribution >= 4 is 15.9 Å². The third kappa shape index (κ3) is 5.55. The number of carbonyl (C=O) groups is 1. The third-order valence-electron chi connectivity index (χ3n) is 6.09.